The van der Waals surface area contributed by atoms with Gasteiger partial charge >= 0.3 is 0 Å². The zero-order valence-electron chi connectivity index (χ0n) is 30.9. The molecule has 58 heavy (non-hydrogen) atoms. The Morgan fingerprint density at radius 3 is 1.48 bits per heavy atom. The summed E-state index contributed by atoms with van der Waals surface area (Å²) in [6.45, 7) is 0. The molecule has 0 fully saturated rings. The highest BCUT2D eigenvalue weighted by Gasteiger charge is 2.40. The molecule has 270 valence electrons. The van der Waals surface area contributed by atoms with E-state index in [9.17, 15) is 15.3 Å². The van der Waals surface area contributed by atoms with Gasteiger partial charge in [-0.2, -0.15) is 10.5 Å². The molecule has 0 saturated carbocycles. The predicted octanol–water partition coefficient (Wildman–Crippen LogP) is 12.0. The summed E-state index contributed by atoms with van der Waals surface area (Å²) in [4.78, 5) is 31.0. The average Bonchev–Trinajstić information content (AvgIpc) is 3.77. The third kappa shape index (κ3) is 5.40. The fraction of sp³-hybridized carbons (Fsp3) is 0. The molecule has 1 aromatic heterocycles. The van der Waals surface area contributed by atoms with Gasteiger partial charge in [-0.25, -0.2) is 4.90 Å². The zero-order valence-corrected chi connectivity index (χ0v) is 30.9. The first-order chi connectivity index (χ1) is 28.5. The summed E-state index contributed by atoms with van der Waals surface area (Å²) < 4.78 is 2.07. The van der Waals surface area contributed by atoms with Crippen LogP contribution >= 0.6 is 0 Å². The summed E-state index contributed by atoms with van der Waals surface area (Å²) in [7, 11) is 0. The molecule has 0 bridgehead atoms. The van der Waals surface area contributed by atoms with Gasteiger partial charge in [-0.05, 0) is 99.6 Å². The van der Waals surface area contributed by atoms with Crippen molar-refractivity contribution in [3.8, 4) is 62.3 Å². The van der Waals surface area contributed by atoms with Crippen LogP contribution in [0, 0.1) is 22.7 Å². The summed E-state index contributed by atoms with van der Waals surface area (Å²) in [6.07, 6.45) is 0. The molecule has 8 aromatic carbocycles. The van der Waals surface area contributed by atoms with Gasteiger partial charge < -0.3 is 4.57 Å². The van der Waals surface area contributed by atoms with Crippen LogP contribution in [-0.4, -0.2) is 16.4 Å². The number of carbonyl (C=O) groups excluding carboxylic acids is 2. The average molecular weight is 743 g/mol. The second-order valence-electron chi connectivity index (χ2n) is 14.2. The lowest BCUT2D eigenvalue weighted by Crippen LogP contribution is -2.30. The third-order valence-electron chi connectivity index (χ3n) is 11.0. The van der Waals surface area contributed by atoms with Crippen molar-refractivity contribution in [1.82, 2.24) is 4.57 Å². The summed E-state index contributed by atoms with van der Waals surface area (Å²) >= 11 is 0. The monoisotopic (exact) mass is 742 g/mol. The van der Waals surface area contributed by atoms with E-state index in [2.05, 4.69) is 16.7 Å². The highest BCUT2D eigenvalue weighted by Crippen LogP contribution is 2.45. The number of hydrogen-bond donors (Lipinski definition) is 0. The van der Waals surface area contributed by atoms with Crippen molar-refractivity contribution < 1.29 is 9.59 Å². The third-order valence-corrected chi connectivity index (χ3v) is 11.0. The SMILES string of the molecule is N#Cc1cccc(-c2cccc3c2c2c(-c4cccc(C#N)c4)cccc2n3-c2cccc3c2C(=O)N(c2ccc(-c4ccccc4)cc2-c2ccccc2)C3=O)c1. The quantitative estimate of drug-likeness (QED) is 0.159. The van der Waals surface area contributed by atoms with E-state index in [-0.39, 0.29) is 0 Å². The van der Waals surface area contributed by atoms with Gasteiger partial charge in [0.05, 0.1) is 56.8 Å². The van der Waals surface area contributed by atoms with E-state index in [1.807, 2.05) is 164 Å². The van der Waals surface area contributed by atoms with Crippen molar-refractivity contribution in [3.63, 3.8) is 0 Å². The molecule has 0 aliphatic carbocycles. The van der Waals surface area contributed by atoms with Crippen LogP contribution in [0.3, 0.4) is 0 Å². The summed E-state index contributed by atoms with van der Waals surface area (Å²) in [6, 6.07) is 62.9. The summed E-state index contributed by atoms with van der Waals surface area (Å²) in [5, 5.41) is 21.5. The molecular weight excluding hydrogens is 713 g/mol. The van der Waals surface area contributed by atoms with Crippen LogP contribution in [0.4, 0.5) is 5.69 Å². The number of carbonyl (C=O) groups is 2. The molecule has 2 amide bonds. The topological polar surface area (TPSA) is 89.9 Å². The van der Waals surface area contributed by atoms with Gasteiger partial charge in [-0.3, -0.25) is 9.59 Å². The molecular formula is C52H30N4O2. The molecule has 0 N–H and O–H groups in total. The Kier molecular flexibility index (Phi) is 8.11. The normalized spacial score (nSPS) is 12.1. The van der Waals surface area contributed by atoms with E-state index >= 15 is 4.79 Å². The first-order valence-corrected chi connectivity index (χ1v) is 18.9. The van der Waals surface area contributed by atoms with Gasteiger partial charge in [0.1, 0.15) is 0 Å². The Bertz CT molecular complexity index is 3130. The fourth-order valence-electron chi connectivity index (χ4n) is 8.42. The van der Waals surface area contributed by atoms with E-state index in [0.29, 0.717) is 33.6 Å². The lowest BCUT2D eigenvalue weighted by molar-refractivity contribution is 0.0926. The second-order valence-corrected chi connectivity index (χ2v) is 14.2. The van der Waals surface area contributed by atoms with E-state index < -0.39 is 11.8 Å². The number of hydrogen-bond acceptors (Lipinski definition) is 4. The Morgan fingerprint density at radius 1 is 0.379 bits per heavy atom. The first kappa shape index (κ1) is 34.2. The molecule has 10 rings (SSSR count). The largest absolute Gasteiger partial charge is 0.308 e. The van der Waals surface area contributed by atoms with Gasteiger partial charge in [0.25, 0.3) is 11.8 Å². The van der Waals surface area contributed by atoms with Crippen LogP contribution in [0.15, 0.2) is 182 Å². The molecule has 1 aliphatic rings. The molecule has 2 heterocycles. The molecule has 9 aromatic rings. The Labute approximate surface area is 334 Å². The first-order valence-electron chi connectivity index (χ1n) is 18.9. The van der Waals surface area contributed by atoms with Crippen LogP contribution in [0.25, 0.3) is 72.0 Å². The van der Waals surface area contributed by atoms with E-state index in [1.165, 1.54) is 4.90 Å². The van der Waals surface area contributed by atoms with Crippen molar-refractivity contribution in [1.29, 1.82) is 10.5 Å². The Hall–Kier alpha value is -8.32. The van der Waals surface area contributed by atoms with Crippen molar-refractivity contribution in [2.45, 2.75) is 0 Å². The Morgan fingerprint density at radius 2 is 0.897 bits per heavy atom. The minimum atomic E-state index is -0.411. The van der Waals surface area contributed by atoms with Gasteiger partial charge in [0.2, 0.25) is 0 Å². The minimum Gasteiger partial charge on any atom is -0.308 e. The molecule has 1 aliphatic heterocycles. The number of nitriles is 2. The van der Waals surface area contributed by atoms with Gasteiger partial charge in [-0.15, -0.1) is 0 Å². The molecule has 6 nitrogen and oxygen atoms in total. The zero-order chi connectivity index (χ0) is 39.3. The van der Waals surface area contributed by atoms with Gasteiger partial charge in [0, 0.05) is 16.3 Å². The molecule has 6 heteroatoms. The van der Waals surface area contributed by atoms with Crippen molar-refractivity contribution in [2.75, 3.05) is 4.90 Å². The molecule has 0 saturated heterocycles. The maximum absolute atomic E-state index is 15.1. The van der Waals surface area contributed by atoms with E-state index in [4.69, 9.17) is 0 Å². The van der Waals surface area contributed by atoms with Crippen LogP contribution in [0.5, 0.6) is 0 Å². The molecule has 0 atom stereocenters. The van der Waals surface area contributed by atoms with Crippen LogP contribution in [0.2, 0.25) is 0 Å². The predicted molar refractivity (Wildman–Crippen MR) is 230 cm³/mol. The van der Waals surface area contributed by atoms with Crippen molar-refractivity contribution >= 4 is 39.3 Å². The lowest BCUT2D eigenvalue weighted by Gasteiger charge is -2.20. The van der Waals surface area contributed by atoms with Gasteiger partial charge in [-0.1, -0.05) is 121 Å². The van der Waals surface area contributed by atoms with Gasteiger partial charge in [0.15, 0.2) is 0 Å². The Balaban J connectivity index is 1.22. The van der Waals surface area contributed by atoms with Crippen molar-refractivity contribution in [2.24, 2.45) is 0 Å². The molecule has 0 unspecified atom stereocenters. The van der Waals surface area contributed by atoms with Crippen LogP contribution in [0.1, 0.15) is 31.8 Å². The standard InChI is InChI=1S/C52H30N4O2/c53-31-33-12-7-18-38(28-33)40-20-9-23-45-48(40)49-41(39-19-8-13-34(29-39)32-54)21-10-24-46(49)55(45)47-25-11-22-42-50(47)52(58)56(51(42)57)44-27-26-37(35-14-3-1-4-15-35)30-43(44)36-16-5-2-6-17-36/h1-30H. The summed E-state index contributed by atoms with van der Waals surface area (Å²) in [5.74, 6) is -0.804. The number of benzene rings is 8. The molecule has 0 radical (unpaired) electrons. The number of rotatable bonds is 6. The number of fused-ring (bicyclic) bond motifs is 4. The van der Waals surface area contributed by atoms with Crippen LogP contribution < -0.4 is 4.90 Å². The highest BCUT2D eigenvalue weighted by molar-refractivity contribution is 6.36. The number of aromatic nitrogens is 1. The highest BCUT2D eigenvalue weighted by atomic mass is 16.2. The fourth-order valence-corrected chi connectivity index (χ4v) is 8.42. The number of imide groups is 1. The van der Waals surface area contributed by atoms with E-state index in [1.54, 1.807) is 18.2 Å². The second kappa shape index (κ2) is 13.8. The minimum absolute atomic E-state index is 0.311. The van der Waals surface area contributed by atoms with Crippen molar-refractivity contribution in [3.05, 3.63) is 204 Å². The molecule has 0 spiro atoms. The number of amides is 2. The smallest absolute Gasteiger partial charge is 0.268 e. The lowest BCUT2D eigenvalue weighted by atomic mass is 9.94. The van der Waals surface area contributed by atoms with Crippen LogP contribution in [-0.2, 0) is 0 Å². The maximum Gasteiger partial charge on any atom is 0.268 e. The van der Waals surface area contributed by atoms with E-state index in [0.717, 1.165) is 66.3 Å². The number of nitrogens with zero attached hydrogens (tertiary/aromatic N) is 4. The number of anilines is 1. The maximum atomic E-state index is 15.1. The summed E-state index contributed by atoms with van der Waals surface area (Å²) in [5.41, 5.74) is 11.6.